The molecular weight excluding hydrogens is 200 g/mol. The molecule has 0 saturated heterocycles. The Hall–Kier alpha value is -1.09. The van der Waals surface area contributed by atoms with E-state index in [1.54, 1.807) is 12.4 Å². The zero-order valence-corrected chi connectivity index (χ0v) is 9.86. The molecule has 16 heavy (non-hydrogen) atoms. The van der Waals surface area contributed by atoms with Gasteiger partial charge in [0.05, 0.1) is 6.10 Å². The predicted octanol–water partition coefficient (Wildman–Crippen LogP) is 2.50. The first kappa shape index (κ1) is 11.4. The van der Waals surface area contributed by atoms with Gasteiger partial charge in [0.2, 0.25) is 0 Å². The summed E-state index contributed by atoms with van der Waals surface area (Å²) in [5, 5.41) is 0. The lowest BCUT2D eigenvalue weighted by molar-refractivity contribution is 0.128. The minimum atomic E-state index is 0.358. The summed E-state index contributed by atoms with van der Waals surface area (Å²) >= 11 is 0. The summed E-state index contributed by atoms with van der Waals surface area (Å²) in [4.78, 5) is 4.06. The van der Waals surface area contributed by atoms with Crippen LogP contribution in [0, 0.1) is 5.92 Å². The fourth-order valence-corrected chi connectivity index (χ4v) is 2.35. The largest absolute Gasteiger partial charge is 0.490 e. The van der Waals surface area contributed by atoms with E-state index in [1.807, 2.05) is 6.07 Å². The Bertz CT molecular complexity index is 340. The fraction of sp³-hybridized carbons (Fsp3) is 0.615. The SMILES string of the molecule is CC1CCCC(Oc2ccncc2CN)C1. The molecule has 1 aromatic heterocycles. The Balaban J connectivity index is 2.02. The van der Waals surface area contributed by atoms with Gasteiger partial charge in [-0.2, -0.15) is 0 Å². The Morgan fingerprint density at radius 1 is 1.50 bits per heavy atom. The molecule has 2 N–H and O–H groups in total. The van der Waals surface area contributed by atoms with Crippen molar-refractivity contribution in [2.75, 3.05) is 0 Å². The van der Waals surface area contributed by atoms with Gasteiger partial charge in [-0.3, -0.25) is 4.98 Å². The van der Waals surface area contributed by atoms with Crippen molar-refractivity contribution in [1.82, 2.24) is 4.98 Å². The molecule has 1 saturated carbocycles. The van der Waals surface area contributed by atoms with E-state index >= 15 is 0 Å². The second-order valence-electron chi connectivity index (χ2n) is 4.70. The van der Waals surface area contributed by atoms with Gasteiger partial charge in [-0.25, -0.2) is 0 Å². The van der Waals surface area contributed by atoms with E-state index in [0.29, 0.717) is 12.6 Å². The number of nitrogens with two attached hydrogens (primary N) is 1. The topological polar surface area (TPSA) is 48.1 Å². The summed E-state index contributed by atoms with van der Waals surface area (Å²) in [6.45, 7) is 2.79. The number of pyridine rings is 1. The molecule has 1 aromatic rings. The predicted molar refractivity (Wildman–Crippen MR) is 64.2 cm³/mol. The van der Waals surface area contributed by atoms with Crippen molar-refractivity contribution in [2.45, 2.75) is 45.3 Å². The lowest BCUT2D eigenvalue weighted by Gasteiger charge is -2.28. The van der Waals surface area contributed by atoms with E-state index in [1.165, 1.54) is 12.8 Å². The highest BCUT2D eigenvalue weighted by atomic mass is 16.5. The molecular formula is C13H20N2O. The molecule has 1 aliphatic rings. The molecule has 88 valence electrons. The van der Waals surface area contributed by atoms with Crippen molar-refractivity contribution in [3.63, 3.8) is 0 Å². The summed E-state index contributed by atoms with van der Waals surface area (Å²) in [6, 6.07) is 1.92. The van der Waals surface area contributed by atoms with Crippen LogP contribution in [0.2, 0.25) is 0 Å². The monoisotopic (exact) mass is 220 g/mol. The molecule has 0 aromatic carbocycles. The van der Waals surface area contributed by atoms with Gasteiger partial charge in [-0.1, -0.05) is 13.3 Å². The van der Waals surface area contributed by atoms with Crippen LogP contribution >= 0.6 is 0 Å². The van der Waals surface area contributed by atoms with E-state index in [4.69, 9.17) is 10.5 Å². The van der Waals surface area contributed by atoms with Gasteiger partial charge in [0.1, 0.15) is 5.75 Å². The van der Waals surface area contributed by atoms with Gasteiger partial charge in [-0.15, -0.1) is 0 Å². The Kier molecular flexibility index (Phi) is 3.78. The summed E-state index contributed by atoms with van der Waals surface area (Å²) in [5.74, 6) is 1.69. The van der Waals surface area contributed by atoms with Gasteiger partial charge in [0, 0.05) is 24.5 Å². The third-order valence-electron chi connectivity index (χ3n) is 3.26. The van der Waals surface area contributed by atoms with Gasteiger partial charge in [0.15, 0.2) is 0 Å². The fourth-order valence-electron chi connectivity index (χ4n) is 2.35. The third kappa shape index (κ3) is 2.73. The lowest BCUT2D eigenvalue weighted by atomic mass is 9.88. The van der Waals surface area contributed by atoms with E-state index in [-0.39, 0.29) is 0 Å². The molecule has 2 unspecified atom stereocenters. The first-order valence-corrected chi connectivity index (χ1v) is 6.09. The minimum Gasteiger partial charge on any atom is -0.490 e. The van der Waals surface area contributed by atoms with Crippen molar-refractivity contribution in [3.05, 3.63) is 24.0 Å². The summed E-state index contributed by atoms with van der Waals surface area (Å²) in [6.07, 6.45) is 8.84. The molecule has 1 aliphatic carbocycles. The average molecular weight is 220 g/mol. The number of ether oxygens (including phenoxy) is 1. The maximum Gasteiger partial charge on any atom is 0.127 e. The molecule has 0 amide bonds. The number of aromatic nitrogens is 1. The Labute approximate surface area is 97.0 Å². The molecule has 1 fully saturated rings. The minimum absolute atomic E-state index is 0.358. The van der Waals surface area contributed by atoms with Crippen molar-refractivity contribution < 1.29 is 4.74 Å². The molecule has 0 aliphatic heterocycles. The third-order valence-corrected chi connectivity index (χ3v) is 3.26. The second-order valence-corrected chi connectivity index (χ2v) is 4.70. The first-order chi connectivity index (χ1) is 7.79. The van der Waals surface area contributed by atoms with Gasteiger partial charge < -0.3 is 10.5 Å². The van der Waals surface area contributed by atoms with E-state index < -0.39 is 0 Å². The Morgan fingerprint density at radius 3 is 3.12 bits per heavy atom. The normalized spacial score (nSPS) is 25.4. The zero-order chi connectivity index (χ0) is 11.4. The quantitative estimate of drug-likeness (QED) is 0.851. The molecule has 0 radical (unpaired) electrons. The average Bonchev–Trinajstić information content (AvgIpc) is 2.30. The second kappa shape index (κ2) is 5.30. The molecule has 3 nitrogen and oxygen atoms in total. The molecule has 2 rings (SSSR count). The molecule has 3 heteroatoms. The standard InChI is InChI=1S/C13H20N2O/c1-10-3-2-4-12(7-10)16-13-5-6-15-9-11(13)8-14/h5-6,9-10,12H,2-4,7-8,14H2,1H3. The smallest absolute Gasteiger partial charge is 0.127 e. The van der Waals surface area contributed by atoms with Gasteiger partial charge >= 0.3 is 0 Å². The highest BCUT2D eigenvalue weighted by Crippen LogP contribution is 2.28. The highest BCUT2D eigenvalue weighted by Gasteiger charge is 2.20. The number of hydrogen-bond donors (Lipinski definition) is 1. The van der Waals surface area contributed by atoms with Crippen LogP contribution in [-0.2, 0) is 6.54 Å². The van der Waals surface area contributed by atoms with Crippen molar-refractivity contribution >= 4 is 0 Å². The van der Waals surface area contributed by atoms with Crippen molar-refractivity contribution in [3.8, 4) is 5.75 Å². The zero-order valence-electron chi connectivity index (χ0n) is 9.86. The maximum absolute atomic E-state index is 6.03. The van der Waals surface area contributed by atoms with Crippen LogP contribution in [0.1, 0.15) is 38.2 Å². The van der Waals surface area contributed by atoms with E-state index in [0.717, 1.165) is 30.1 Å². The van der Waals surface area contributed by atoms with Crippen LogP contribution < -0.4 is 10.5 Å². The Morgan fingerprint density at radius 2 is 2.38 bits per heavy atom. The molecule has 0 bridgehead atoms. The van der Waals surface area contributed by atoms with E-state index in [9.17, 15) is 0 Å². The first-order valence-electron chi connectivity index (χ1n) is 6.09. The maximum atomic E-state index is 6.03. The van der Waals surface area contributed by atoms with Crippen molar-refractivity contribution in [1.29, 1.82) is 0 Å². The number of nitrogens with zero attached hydrogens (tertiary/aromatic N) is 1. The summed E-state index contributed by atoms with van der Waals surface area (Å²) in [7, 11) is 0. The molecule has 0 spiro atoms. The van der Waals surface area contributed by atoms with Crippen LogP contribution in [-0.4, -0.2) is 11.1 Å². The van der Waals surface area contributed by atoms with Crippen molar-refractivity contribution in [2.24, 2.45) is 11.7 Å². The number of hydrogen-bond acceptors (Lipinski definition) is 3. The van der Waals surface area contributed by atoms with E-state index in [2.05, 4.69) is 11.9 Å². The summed E-state index contributed by atoms with van der Waals surface area (Å²) in [5.41, 5.74) is 6.66. The van der Waals surface area contributed by atoms with Crippen LogP contribution in [0.5, 0.6) is 5.75 Å². The van der Waals surface area contributed by atoms with Gasteiger partial charge in [0.25, 0.3) is 0 Å². The van der Waals surface area contributed by atoms with Crippen LogP contribution in [0.25, 0.3) is 0 Å². The molecule has 2 atom stereocenters. The lowest BCUT2D eigenvalue weighted by Crippen LogP contribution is -2.24. The van der Waals surface area contributed by atoms with Crippen LogP contribution in [0.4, 0.5) is 0 Å². The molecule has 1 heterocycles. The van der Waals surface area contributed by atoms with Gasteiger partial charge in [-0.05, 0) is 31.2 Å². The van der Waals surface area contributed by atoms with Crippen LogP contribution in [0.15, 0.2) is 18.5 Å². The number of rotatable bonds is 3. The highest BCUT2D eigenvalue weighted by molar-refractivity contribution is 5.30. The van der Waals surface area contributed by atoms with Crippen LogP contribution in [0.3, 0.4) is 0 Å². The summed E-state index contributed by atoms with van der Waals surface area (Å²) < 4.78 is 6.03.